The molecule has 1 unspecified atom stereocenters. The summed E-state index contributed by atoms with van der Waals surface area (Å²) in [6.45, 7) is 1.06. The molecular formula is C11H13ClN4. The molecule has 1 fully saturated rings. The zero-order valence-electron chi connectivity index (χ0n) is 8.86. The number of nitrogens with zero attached hydrogens (tertiary/aromatic N) is 3. The van der Waals surface area contributed by atoms with Gasteiger partial charge >= 0.3 is 0 Å². The monoisotopic (exact) mass is 236 g/mol. The second kappa shape index (κ2) is 4.03. The van der Waals surface area contributed by atoms with E-state index in [1.807, 2.05) is 10.6 Å². The van der Waals surface area contributed by atoms with E-state index in [-0.39, 0.29) is 0 Å². The number of imidazole rings is 1. The maximum atomic E-state index is 6.04. The minimum absolute atomic E-state index is 0.316. The van der Waals surface area contributed by atoms with Crippen molar-refractivity contribution in [1.29, 1.82) is 0 Å². The van der Waals surface area contributed by atoms with Crippen LogP contribution in [0.1, 0.15) is 31.0 Å². The van der Waals surface area contributed by atoms with Gasteiger partial charge in [-0.1, -0.05) is 18.0 Å². The largest absolute Gasteiger partial charge is 0.309 e. The van der Waals surface area contributed by atoms with Gasteiger partial charge in [0, 0.05) is 12.4 Å². The van der Waals surface area contributed by atoms with Crippen LogP contribution < -0.4 is 5.32 Å². The Morgan fingerprint density at radius 1 is 1.38 bits per heavy atom. The van der Waals surface area contributed by atoms with Crippen molar-refractivity contribution in [2.24, 2.45) is 0 Å². The van der Waals surface area contributed by atoms with E-state index < -0.39 is 0 Å². The van der Waals surface area contributed by atoms with Crippen molar-refractivity contribution in [2.75, 3.05) is 6.54 Å². The van der Waals surface area contributed by atoms with Crippen LogP contribution in [0.2, 0.25) is 5.15 Å². The summed E-state index contributed by atoms with van der Waals surface area (Å²) in [7, 11) is 0. The molecule has 0 aliphatic carbocycles. The summed E-state index contributed by atoms with van der Waals surface area (Å²) in [5.74, 6) is 0. The molecule has 1 aliphatic rings. The van der Waals surface area contributed by atoms with E-state index >= 15 is 0 Å². The van der Waals surface area contributed by atoms with E-state index in [1.165, 1.54) is 12.8 Å². The SMILES string of the molecule is Clc1cnc2c(C3CCCCN3)nccn12. The first kappa shape index (κ1) is 10.1. The lowest BCUT2D eigenvalue weighted by atomic mass is 10.0. The standard InChI is InChI=1S/C11H13ClN4/c12-9-7-15-11-10(14-5-6-16(9)11)8-3-1-2-4-13-8/h5-8,13H,1-4H2. The van der Waals surface area contributed by atoms with Crippen molar-refractivity contribution in [2.45, 2.75) is 25.3 Å². The first-order valence-corrected chi connectivity index (χ1v) is 5.95. The van der Waals surface area contributed by atoms with Gasteiger partial charge in [0.05, 0.1) is 12.2 Å². The third-order valence-electron chi connectivity index (χ3n) is 3.05. The zero-order chi connectivity index (χ0) is 11.0. The van der Waals surface area contributed by atoms with E-state index in [9.17, 15) is 0 Å². The van der Waals surface area contributed by atoms with Gasteiger partial charge in [0.15, 0.2) is 5.65 Å². The van der Waals surface area contributed by atoms with Crippen molar-refractivity contribution < 1.29 is 0 Å². The number of nitrogens with one attached hydrogen (secondary N) is 1. The summed E-state index contributed by atoms with van der Waals surface area (Å²) >= 11 is 6.04. The summed E-state index contributed by atoms with van der Waals surface area (Å²) in [4.78, 5) is 8.76. The predicted octanol–water partition coefficient (Wildman–Crippen LogP) is 2.20. The molecule has 0 bridgehead atoms. The molecule has 1 aliphatic heterocycles. The first-order chi connectivity index (χ1) is 7.86. The third kappa shape index (κ3) is 1.58. The normalized spacial score (nSPS) is 21.4. The second-order valence-corrected chi connectivity index (χ2v) is 4.48. The Morgan fingerprint density at radius 2 is 2.31 bits per heavy atom. The number of halogens is 1. The van der Waals surface area contributed by atoms with E-state index in [1.54, 1.807) is 12.4 Å². The molecule has 0 spiro atoms. The van der Waals surface area contributed by atoms with Gasteiger partial charge in [-0.2, -0.15) is 0 Å². The van der Waals surface area contributed by atoms with Gasteiger partial charge in [-0.15, -0.1) is 0 Å². The lowest BCUT2D eigenvalue weighted by molar-refractivity contribution is 0.406. The molecule has 0 amide bonds. The van der Waals surface area contributed by atoms with Crippen LogP contribution in [-0.4, -0.2) is 20.9 Å². The average Bonchev–Trinajstić information content (AvgIpc) is 2.73. The van der Waals surface area contributed by atoms with Gasteiger partial charge in [-0.05, 0) is 19.4 Å². The molecule has 0 aromatic carbocycles. The molecule has 2 aromatic rings. The Kier molecular flexibility index (Phi) is 2.53. The fourth-order valence-electron chi connectivity index (χ4n) is 2.24. The highest BCUT2D eigenvalue weighted by Gasteiger charge is 2.19. The van der Waals surface area contributed by atoms with Crippen LogP contribution in [0.25, 0.3) is 5.65 Å². The van der Waals surface area contributed by atoms with Gasteiger partial charge in [0.25, 0.3) is 0 Å². The lowest BCUT2D eigenvalue weighted by Gasteiger charge is -2.22. The lowest BCUT2D eigenvalue weighted by Crippen LogP contribution is -2.28. The zero-order valence-corrected chi connectivity index (χ0v) is 9.61. The molecule has 5 heteroatoms. The molecule has 1 saturated heterocycles. The van der Waals surface area contributed by atoms with Crippen LogP contribution in [0, 0.1) is 0 Å². The molecule has 0 saturated carbocycles. The summed E-state index contributed by atoms with van der Waals surface area (Å²) < 4.78 is 1.88. The quantitative estimate of drug-likeness (QED) is 0.826. The molecular weight excluding hydrogens is 224 g/mol. The Hall–Kier alpha value is -1.13. The summed E-state index contributed by atoms with van der Waals surface area (Å²) in [5, 5.41) is 4.11. The van der Waals surface area contributed by atoms with E-state index in [0.29, 0.717) is 11.2 Å². The fourth-order valence-corrected chi connectivity index (χ4v) is 2.43. The summed E-state index contributed by atoms with van der Waals surface area (Å²) in [6.07, 6.45) is 8.91. The highest BCUT2D eigenvalue weighted by Crippen LogP contribution is 2.25. The first-order valence-electron chi connectivity index (χ1n) is 5.57. The Balaban J connectivity index is 2.08. The number of piperidine rings is 1. The molecule has 1 N–H and O–H groups in total. The maximum absolute atomic E-state index is 6.04. The van der Waals surface area contributed by atoms with Crippen LogP contribution in [0.5, 0.6) is 0 Å². The molecule has 2 aromatic heterocycles. The van der Waals surface area contributed by atoms with Crippen molar-refractivity contribution in [3.05, 3.63) is 29.4 Å². The Morgan fingerprint density at radius 3 is 3.12 bits per heavy atom. The Labute approximate surface area is 98.7 Å². The molecule has 16 heavy (non-hydrogen) atoms. The molecule has 1 atom stereocenters. The molecule has 0 radical (unpaired) electrons. The van der Waals surface area contributed by atoms with E-state index in [2.05, 4.69) is 15.3 Å². The highest BCUT2D eigenvalue weighted by atomic mass is 35.5. The Bertz CT molecular complexity index is 502. The second-order valence-electron chi connectivity index (χ2n) is 4.09. The molecule has 3 heterocycles. The number of hydrogen-bond donors (Lipinski definition) is 1. The predicted molar refractivity (Wildman–Crippen MR) is 62.6 cm³/mol. The van der Waals surface area contributed by atoms with Crippen LogP contribution in [0.15, 0.2) is 18.6 Å². The van der Waals surface area contributed by atoms with Crippen molar-refractivity contribution >= 4 is 17.2 Å². The topological polar surface area (TPSA) is 42.2 Å². The van der Waals surface area contributed by atoms with Crippen LogP contribution >= 0.6 is 11.6 Å². The summed E-state index contributed by atoms with van der Waals surface area (Å²) in [6, 6.07) is 0.316. The van der Waals surface area contributed by atoms with Crippen molar-refractivity contribution in [1.82, 2.24) is 19.7 Å². The van der Waals surface area contributed by atoms with Crippen molar-refractivity contribution in [3.8, 4) is 0 Å². The third-order valence-corrected chi connectivity index (χ3v) is 3.33. The minimum atomic E-state index is 0.316. The van der Waals surface area contributed by atoms with Crippen LogP contribution in [0.4, 0.5) is 0 Å². The van der Waals surface area contributed by atoms with Gasteiger partial charge < -0.3 is 5.32 Å². The van der Waals surface area contributed by atoms with Crippen LogP contribution in [-0.2, 0) is 0 Å². The van der Waals surface area contributed by atoms with Gasteiger partial charge in [-0.25, -0.2) is 4.98 Å². The maximum Gasteiger partial charge on any atom is 0.161 e. The fraction of sp³-hybridized carbons (Fsp3) is 0.455. The van der Waals surface area contributed by atoms with Gasteiger partial charge in [0.2, 0.25) is 0 Å². The molecule has 3 rings (SSSR count). The smallest absolute Gasteiger partial charge is 0.161 e. The number of rotatable bonds is 1. The minimum Gasteiger partial charge on any atom is -0.309 e. The highest BCUT2D eigenvalue weighted by molar-refractivity contribution is 6.29. The number of hydrogen-bond acceptors (Lipinski definition) is 3. The number of aromatic nitrogens is 3. The average molecular weight is 237 g/mol. The van der Waals surface area contributed by atoms with Gasteiger partial charge in [-0.3, -0.25) is 9.38 Å². The van der Waals surface area contributed by atoms with Crippen LogP contribution in [0.3, 0.4) is 0 Å². The van der Waals surface area contributed by atoms with Gasteiger partial charge in [0.1, 0.15) is 10.8 Å². The summed E-state index contributed by atoms with van der Waals surface area (Å²) in [5.41, 5.74) is 1.88. The van der Waals surface area contributed by atoms with E-state index in [4.69, 9.17) is 11.6 Å². The van der Waals surface area contributed by atoms with Crippen molar-refractivity contribution in [3.63, 3.8) is 0 Å². The molecule has 84 valence electrons. The molecule has 4 nitrogen and oxygen atoms in total. The van der Waals surface area contributed by atoms with E-state index in [0.717, 1.165) is 24.3 Å². The number of fused-ring (bicyclic) bond motifs is 1.